The second kappa shape index (κ2) is 10.0. The van der Waals surface area contributed by atoms with E-state index in [4.69, 9.17) is 9.47 Å². The summed E-state index contributed by atoms with van der Waals surface area (Å²) >= 11 is 0.868. The van der Waals surface area contributed by atoms with Crippen molar-refractivity contribution >= 4 is 45.8 Å². The summed E-state index contributed by atoms with van der Waals surface area (Å²) in [5.74, 6) is -3.06. The zero-order valence-corrected chi connectivity index (χ0v) is 18.7. The molecule has 0 radical (unpaired) electrons. The van der Waals surface area contributed by atoms with E-state index in [2.05, 4.69) is 10.6 Å². The fourth-order valence-corrected chi connectivity index (χ4v) is 4.09. The first-order valence-corrected chi connectivity index (χ1v) is 10.4. The SMILES string of the molecule is COC(=O)c1ccccc1NC(=O)c1sc(NC(=O)c2ccc(F)cc2)c(C(=O)OC)c1C. The molecule has 2 aromatic carbocycles. The van der Waals surface area contributed by atoms with Gasteiger partial charge >= 0.3 is 11.9 Å². The fraction of sp³-hybridized carbons (Fsp3) is 0.130. The molecule has 0 spiro atoms. The van der Waals surface area contributed by atoms with E-state index in [1.165, 1.54) is 45.4 Å². The summed E-state index contributed by atoms with van der Waals surface area (Å²) in [4.78, 5) is 50.1. The summed E-state index contributed by atoms with van der Waals surface area (Å²) in [5.41, 5.74) is 0.842. The van der Waals surface area contributed by atoms with Gasteiger partial charge in [0.2, 0.25) is 0 Å². The third-order valence-electron chi connectivity index (χ3n) is 4.66. The molecule has 170 valence electrons. The molecule has 0 saturated carbocycles. The third kappa shape index (κ3) is 5.07. The van der Waals surface area contributed by atoms with Crippen molar-refractivity contribution in [2.24, 2.45) is 0 Å². The first-order valence-electron chi connectivity index (χ1n) is 9.54. The smallest absolute Gasteiger partial charge is 0.341 e. The van der Waals surface area contributed by atoms with Gasteiger partial charge in [-0.05, 0) is 48.9 Å². The highest BCUT2D eigenvalue weighted by molar-refractivity contribution is 7.19. The Hall–Kier alpha value is -4.05. The molecule has 33 heavy (non-hydrogen) atoms. The molecule has 2 amide bonds. The van der Waals surface area contributed by atoms with Crippen LogP contribution in [0.3, 0.4) is 0 Å². The number of hydrogen-bond donors (Lipinski definition) is 2. The molecule has 3 aromatic rings. The maximum absolute atomic E-state index is 13.2. The second-order valence-corrected chi connectivity index (χ2v) is 7.72. The number of thiophene rings is 1. The molecule has 0 bridgehead atoms. The van der Waals surface area contributed by atoms with Crippen LogP contribution in [0.25, 0.3) is 0 Å². The maximum Gasteiger partial charge on any atom is 0.341 e. The van der Waals surface area contributed by atoms with Gasteiger partial charge in [-0.25, -0.2) is 14.0 Å². The Morgan fingerprint density at radius 3 is 2.12 bits per heavy atom. The minimum atomic E-state index is -0.743. The van der Waals surface area contributed by atoms with Crippen LogP contribution in [0.2, 0.25) is 0 Å². The molecule has 0 aliphatic carbocycles. The Labute approximate surface area is 192 Å². The van der Waals surface area contributed by atoms with E-state index >= 15 is 0 Å². The van der Waals surface area contributed by atoms with Crippen LogP contribution in [-0.2, 0) is 9.47 Å². The van der Waals surface area contributed by atoms with E-state index in [0.29, 0.717) is 0 Å². The van der Waals surface area contributed by atoms with Gasteiger partial charge in [0.25, 0.3) is 11.8 Å². The number of amides is 2. The summed E-state index contributed by atoms with van der Waals surface area (Å²) < 4.78 is 22.7. The summed E-state index contributed by atoms with van der Waals surface area (Å²) in [6.45, 7) is 1.54. The lowest BCUT2D eigenvalue weighted by atomic mass is 10.1. The number of anilines is 2. The monoisotopic (exact) mass is 470 g/mol. The molecule has 10 heteroatoms. The van der Waals surface area contributed by atoms with E-state index in [0.717, 1.165) is 23.5 Å². The first kappa shape index (κ1) is 23.6. The van der Waals surface area contributed by atoms with Crippen LogP contribution in [0, 0.1) is 12.7 Å². The molecule has 8 nitrogen and oxygen atoms in total. The molecule has 0 aliphatic rings. The van der Waals surface area contributed by atoms with Crippen molar-refractivity contribution in [3.63, 3.8) is 0 Å². The molecule has 1 aromatic heterocycles. The highest BCUT2D eigenvalue weighted by Gasteiger charge is 2.27. The standard InChI is InChI=1S/C23H19FN2O6S/c1-12-17(23(30)32-3)21(26-19(27)13-8-10-14(24)11-9-13)33-18(12)20(28)25-16-7-5-4-6-15(16)22(29)31-2/h4-11H,1-3H3,(H,25,28)(H,26,27). The first-order chi connectivity index (χ1) is 15.8. The van der Waals surface area contributed by atoms with Crippen LogP contribution in [0.4, 0.5) is 15.1 Å². The number of rotatable bonds is 6. The van der Waals surface area contributed by atoms with Crippen LogP contribution in [-0.4, -0.2) is 38.0 Å². The molecular formula is C23H19FN2O6S. The van der Waals surface area contributed by atoms with Gasteiger partial charge in [0.05, 0.1) is 35.9 Å². The Morgan fingerprint density at radius 2 is 1.48 bits per heavy atom. The van der Waals surface area contributed by atoms with Crippen molar-refractivity contribution in [1.82, 2.24) is 0 Å². The molecule has 0 aliphatic heterocycles. The lowest BCUT2D eigenvalue weighted by Gasteiger charge is -2.09. The van der Waals surface area contributed by atoms with Crippen molar-refractivity contribution in [2.75, 3.05) is 24.9 Å². The van der Waals surface area contributed by atoms with E-state index in [1.54, 1.807) is 12.1 Å². The van der Waals surface area contributed by atoms with Gasteiger partial charge in [-0.1, -0.05) is 12.1 Å². The molecule has 1 heterocycles. The van der Waals surface area contributed by atoms with Gasteiger partial charge < -0.3 is 20.1 Å². The average Bonchev–Trinajstić information content (AvgIpc) is 3.14. The normalized spacial score (nSPS) is 10.3. The second-order valence-electron chi connectivity index (χ2n) is 6.70. The van der Waals surface area contributed by atoms with Crippen LogP contribution in [0.1, 0.15) is 46.3 Å². The minimum absolute atomic E-state index is 0.0179. The van der Waals surface area contributed by atoms with Crippen LogP contribution in [0.15, 0.2) is 48.5 Å². The van der Waals surface area contributed by atoms with Crippen LogP contribution < -0.4 is 10.6 Å². The lowest BCUT2D eigenvalue weighted by molar-refractivity contribution is 0.0592. The molecule has 0 fully saturated rings. The van der Waals surface area contributed by atoms with Gasteiger partial charge in [-0.3, -0.25) is 9.59 Å². The fourth-order valence-electron chi connectivity index (χ4n) is 3.00. The third-order valence-corrected chi connectivity index (χ3v) is 5.86. The van der Waals surface area contributed by atoms with E-state index in [9.17, 15) is 23.6 Å². The number of esters is 2. The largest absolute Gasteiger partial charge is 0.465 e. The predicted molar refractivity (Wildman–Crippen MR) is 120 cm³/mol. The molecular weight excluding hydrogens is 451 g/mol. The van der Waals surface area contributed by atoms with Crippen LogP contribution in [0.5, 0.6) is 0 Å². The number of ether oxygens (including phenoxy) is 2. The summed E-state index contributed by atoms with van der Waals surface area (Å²) in [7, 11) is 2.40. The van der Waals surface area contributed by atoms with E-state index in [1.807, 2.05) is 0 Å². The van der Waals surface area contributed by atoms with Gasteiger partial charge in [0.15, 0.2) is 0 Å². The number of methoxy groups -OCH3 is 2. The van der Waals surface area contributed by atoms with Crippen LogP contribution >= 0.6 is 11.3 Å². The number of para-hydroxylation sites is 1. The number of benzene rings is 2. The maximum atomic E-state index is 13.2. The molecule has 0 atom stereocenters. The predicted octanol–water partition coefficient (Wildman–Crippen LogP) is 4.27. The number of carbonyl (C=O) groups excluding carboxylic acids is 4. The van der Waals surface area contributed by atoms with Gasteiger partial charge in [0.1, 0.15) is 10.8 Å². The van der Waals surface area contributed by atoms with Crippen molar-refractivity contribution < 1.29 is 33.0 Å². The Morgan fingerprint density at radius 1 is 0.848 bits per heavy atom. The zero-order valence-electron chi connectivity index (χ0n) is 17.9. The summed E-state index contributed by atoms with van der Waals surface area (Å²) in [5, 5.41) is 5.32. The highest BCUT2D eigenvalue weighted by Crippen LogP contribution is 2.35. The minimum Gasteiger partial charge on any atom is -0.465 e. The van der Waals surface area contributed by atoms with Gasteiger partial charge in [-0.15, -0.1) is 11.3 Å². The summed E-state index contributed by atoms with van der Waals surface area (Å²) in [6.07, 6.45) is 0. The van der Waals surface area contributed by atoms with Gasteiger partial charge in [-0.2, -0.15) is 0 Å². The van der Waals surface area contributed by atoms with Crippen molar-refractivity contribution in [3.05, 3.63) is 81.5 Å². The molecule has 0 saturated heterocycles. The Bertz CT molecular complexity index is 1240. The molecule has 2 N–H and O–H groups in total. The quantitative estimate of drug-likeness (QED) is 0.521. The summed E-state index contributed by atoms with van der Waals surface area (Å²) in [6, 6.07) is 11.1. The Balaban J connectivity index is 1.95. The van der Waals surface area contributed by atoms with E-state index < -0.39 is 29.6 Å². The van der Waals surface area contributed by atoms with E-state index in [-0.39, 0.29) is 37.8 Å². The Kier molecular flexibility index (Phi) is 7.19. The number of nitrogens with one attached hydrogen (secondary N) is 2. The topological polar surface area (TPSA) is 111 Å². The van der Waals surface area contributed by atoms with Crippen molar-refractivity contribution in [2.45, 2.75) is 6.92 Å². The highest BCUT2D eigenvalue weighted by atomic mass is 32.1. The zero-order chi connectivity index (χ0) is 24.1. The number of halogens is 1. The lowest BCUT2D eigenvalue weighted by Crippen LogP contribution is -2.15. The molecule has 0 unspecified atom stereocenters. The van der Waals surface area contributed by atoms with Crippen molar-refractivity contribution in [1.29, 1.82) is 0 Å². The van der Waals surface area contributed by atoms with Gasteiger partial charge in [0, 0.05) is 5.56 Å². The number of hydrogen-bond acceptors (Lipinski definition) is 7. The average molecular weight is 470 g/mol. The number of carbonyl (C=O) groups is 4. The molecule has 3 rings (SSSR count). The van der Waals surface area contributed by atoms with Crippen molar-refractivity contribution in [3.8, 4) is 0 Å².